The van der Waals surface area contributed by atoms with Crippen LogP contribution >= 0.6 is 0 Å². The lowest BCUT2D eigenvalue weighted by Crippen LogP contribution is -2.70. The summed E-state index contributed by atoms with van der Waals surface area (Å²) in [4.78, 5) is 14.9. The van der Waals surface area contributed by atoms with Gasteiger partial charge in [-0.25, -0.2) is 0 Å². The fourth-order valence-electron chi connectivity index (χ4n) is 6.56. The summed E-state index contributed by atoms with van der Waals surface area (Å²) < 4.78 is 0. The Morgan fingerprint density at radius 3 is 2.50 bits per heavy atom. The van der Waals surface area contributed by atoms with Gasteiger partial charge in [0.25, 0.3) is 0 Å². The molecular formula is C20H31N3O3. The Hall–Kier alpha value is -1.16. The van der Waals surface area contributed by atoms with Crippen LogP contribution in [0.5, 0.6) is 0 Å². The molecule has 6 heteroatoms. The third kappa shape index (κ3) is 3.04. The Kier molecular flexibility index (Phi) is 4.15. The summed E-state index contributed by atoms with van der Waals surface area (Å²) in [5.41, 5.74) is -2.13. The Bertz CT molecular complexity index is 621. The minimum Gasteiger partial charge on any atom is -0.390 e. The van der Waals surface area contributed by atoms with Crippen LogP contribution in [0.25, 0.3) is 0 Å². The summed E-state index contributed by atoms with van der Waals surface area (Å²) in [6, 6.07) is 1.08. The molecule has 0 aromatic heterocycles. The smallest absolute Gasteiger partial charge is 0.243 e. The molecule has 5 aliphatic rings. The molecule has 1 aliphatic heterocycles. The molecule has 0 spiro atoms. The van der Waals surface area contributed by atoms with Gasteiger partial charge in [-0.3, -0.25) is 10.1 Å². The quantitative estimate of drug-likeness (QED) is 0.702. The van der Waals surface area contributed by atoms with Crippen molar-refractivity contribution in [2.45, 2.75) is 94.0 Å². The molecule has 4 aliphatic carbocycles. The van der Waals surface area contributed by atoms with Gasteiger partial charge in [-0.2, -0.15) is 5.26 Å². The number of carbonyl (C=O) groups excluding carboxylic acids is 1. The number of nitrogens with zero attached hydrogens (tertiary/aromatic N) is 2. The first-order valence-corrected chi connectivity index (χ1v) is 10.1. The van der Waals surface area contributed by atoms with Crippen molar-refractivity contribution in [3.8, 4) is 6.07 Å². The van der Waals surface area contributed by atoms with Gasteiger partial charge in [-0.1, -0.05) is 0 Å². The van der Waals surface area contributed by atoms with Gasteiger partial charge < -0.3 is 15.1 Å². The van der Waals surface area contributed by atoms with E-state index < -0.39 is 23.3 Å². The summed E-state index contributed by atoms with van der Waals surface area (Å²) in [5, 5.41) is 34.6. The first kappa shape index (κ1) is 18.2. The normalized spacial score (nSPS) is 42.7. The summed E-state index contributed by atoms with van der Waals surface area (Å²) in [7, 11) is 0. The van der Waals surface area contributed by atoms with Crippen LogP contribution in [0.4, 0.5) is 0 Å². The van der Waals surface area contributed by atoms with Crippen LogP contribution in [0.15, 0.2) is 0 Å². The van der Waals surface area contributed by atoms with Crippen LogP contribution in [-0.2, 0) is 4.79 Å². The van der Waals surface area contributed by atoms with Gasteiger partial charge in [-0.05, 0) is 77.0 Å². The van der Waals surface area contributed by atoms with Crippen LogP contribution in [0.1, 0.15) is 65.2 Å². The Balaban J connectivity index is 1.59. The van der Waals surface area contributed by atoms with E-state index >= 15 is 0 Å². The molecule has 1 heterocycles. The second kappa shape index (κ2) is 5.92. The first-order chi connectivity index (χ1) is 12.1. The molecule has 1 amide bonds. The molecule has 6 nitrogen and oxygen atoms in total. The molecule has 5 fully saturated rings. The molecule has 1 saturated heterocycles. The minimum atomic E-state index is -1.23. The van der Waals surface area contributed by atoms with Gasteiger partial charge in [0.15, 0.2) is 0 Å². The molecule has 3 N–H and O–H groups in total. The van der Waals surface area contributed by atoms with Gasteiger partial charge >= 0.3 is 0 Å². The number of likely N-dealkylation sites (tertiary alicyclic amines) is 1. The fourth-order valence-corrected chi connectivity index (χ4v) is 6.56. The molecule has 0 radical (unpaired) electrons. The van der Waals surface area contributed by atoms with Crippen LogP contribution in [0, 0.1) is 23.2 Å². The van der Waals surface area contributed by atoms with E-state index in [-0.39, 0.29) is 11.4 Å². The zero-order valence-electron chi connectivity index (χ0n) is 15.9. The van der Waals surface area contributed by atoms with Crippen molar-refractivity contribution in [2.75, 3.05) is 6.54 Å². The molecule has 26 heavy (non-hydrogen) atoms. The van der Waals surface area contributed by atoms with Crippen LogP contribution in [0.3, 0.4) is 0 Å². The van der Waals surface area contributed by atoms with Crippen molar-refractivity contribution in [3.05, 3.63) is 0 Å². The van der Waals surface area contributed by atoms with Crippen LogP contribution in [0.2, 0.25) is 0 Å². The second-order valence-electron chi connectivity index (χ2n) is 10.0. The minimum absolute atomic E-state index is 0.177. The van der Waals surface area contributed by atoms with Crippen molar-refractivity contribution in [1.82, 2.24) is 10.2 Å². The second-order valence-corrected chi connectivity index (χ2v) is 10.0. The lowest BCUT2D eigenvalue weighted by Gasteiger charge is -2.61. The van der Waals surface area contributed by atoms with Gasteiger partial charge in [0, 0.05) is 12.1 Å². The number of hydrogen-bond acceptors (Lipinski definition) is 5. The Morgan fingerprint density at radius 2 is 1.96 bits per heavy atom. The fraction of sp³-hybridized carbons (Fsp3) is 0.900. The van der Waals surface area contributed by atoms with E-state index in [9.17, 15) is 20.3 Å². The van der Waals surface area contributed by atoms with Gasteiger partial charge in [-0.15, -0.1) is 0 Å². The summed E-state index contributed by atoms with van der Waals surface area (Å²) in [6.07, 6.45) is 7.05. The van der Waals surface area contributed by atoms with Crippen molar-refractivity contribution in [2.24, 2.45) is 11.8 Å². The lowest BCUT2D eigenvalue weighted by molar-refractivity contribution is -0.159. The van der Waals surface area contributed by atoms with Crippen molar-refractivity contribution < 1.29 is 15.0 Å². The van der Waals surface area contributed by atoms with Gasteiger partial charge in [0.05, 0.1) is 17.3 Å². The zero-order valence-corrected chi connectivity index (χ0v) is 15.9. The predicted octanol–water partition coefficient (Wildman–Crippen LogP) is 1.31. The van der Waals surface area contributed by atoms with E-state index in [0.29, 0.717) is 31.2 Å². The van der Waals surface area contributed by atoms with E-state index in [1.165, 1.54) is 6.42 Å². The molecule has 5 rings (SSSR count). The number of carbonyl (C=O) groups is 1. The van der Waals surface area contributed by atoms with Crippen molar-refractivity contribution >= 4 is 5.91 Å². The summed E-state index contributed by atoms with van der Waals surface area (Å²) >= 11 is 0. The van der Waals surface area contributed by atoms with E-state index in [2.05, 4.69) is 11.4 Å². The summed E-state index contributed by atoms with van der Waals surface area (Å²) in [5.74, 6) is 0.833. The highest BCUT2D eigenvalue weighted by Crippen LogP contribution is 2.57. The molecule has 144 valence electrons. The molecular weight excluding hydrogens is 330 g/mol. The number of amides is 1. The monoisotopic (exact) mass is 361 g/mol. The molecule has 4 saturated carbocycles. The topological polar surface area (TPSA) is 96.6 Å². The molecule has 0 aromatic carbocycles. The molecule has 6 atom stereocenters. The standard InChI is InChI=1S/C20H31N3O3/c1-18(2,25)16(17(24)23-5-3-4-15(23)11-21)22-19-7-13-6-14(8-19)10-20(26,9-13)12-19/h13-16,22,25-26H,3-10,12H2,1-2H3/t13-,14+,15-,16?,19?,20?/m0/s1. The first-order valence-electron chi connectivity index (χ1n) is 10.1. The molecule has 3 unspecified atom stereocenters. The van der Waals surface area contributed by atoms with E-state index in [0.717, 1.165) is 32.1 Å². The predicted molar refractivity (Wildman–Crippen MR) is 95.9 cm³/mol. The third-order valence-electron chi connectivity index (χ3n) is 7.12. The number of hydrogen-bond donors (Lipinski definition) is 3. The highest BCUT2D eigenvalue weighted by atomic mass is 16.3. The highest BCUT2D eigenvalue weighted by molar-refractivity contribution is 5.84. The molecule has 4 bridgehead atoms. The Labute approximate surface area is 155 Å². The highest BCUT2D eigenvalue weighted by Gasteiger charge is 2.58. The van der Waals surface area contributed by atoms with E-state index in [4.69, 9.17) is 0 Å². The number of nitrogens with one attached hydrogen (secondary N) is 1. The van der Waals surface area contributed by atoms with Crippen molar-refractivity contribution in [1.29, 1.82) is 5.26 Å². The van der Waals surface area contributed by atoms with Gasteiger partial charge in [0.1, 0.15) is 12.1 Å². The maximum absolute atomic E-state index is 13.3. The SMILES string of the molecule is CC(C)(O)C(NC12C[C@@H]3C[C@@H](CC(O)(C3)C1)C2)C(=O)N1CCC[C@H]1C#N. The average Bonchev–Trinajstić information content (AvgIpc) is 2.97. The third-order valence-corrected chi connectivity index (χ3v) is 7.12. The van der Waals surface area contributed by atoms with Crippen LogP contribution in [-0.4, -0.2) is 56.4 Å². The lowest BCUT2D eigenvalue weighted by atomic mass is 9.51. The number of rotatable bonds is 4. The number of aliphatic hydroxyl groups is 2. The van der Waals surface area contributed by atoms with Crippen LogP contribution < -0.4 is 5.32 Å². The van der Waals surface area contributed by atoms with Crippen molar-refractivity contribution in [3.63, 3.8) is 0 Å². The van der Waals surface area contributed by atoms with Gasteiger partial charge in [0.2, 0.25) is 5.91 Å². The Morgan fingerprint density at radius 1 is 1.31 bits per heavy atom. The van der Waals surface area contributed by atoms with E-state index in [1.54, 1.807) is 18.7 Å². The maximum Gasteiger partial charge on any atom is 0.243 e. The largest absolute Gasteiger partial charge is 0.390 e. The molecule has 0 aromatic rings. The number of nitriles is 1. The van der Waals surface area contributed by atoms with E-state index in [1.807, 2.05) is 0 Å². The average molecular weight is 361 g/mol. The summed E-state index contributed by atoms with van der Waals surface area (Å²) in [6.45, 7) is 3.90. The maximum atomic E-state index is 13.3. The zero-order chi connectivity index (χ0) is 18.7.